The van der Waals surface area contributed by atoms with E-state index in [4.69, 9.17) is 11.6 Å². The average molecular weight is 238 g/mol. The predicted octanol–water partition coefficient (Wildman–Crippen LogP) is 3.54. The molecule has 2 aromatic rings. The zero-order valence-electron chi connectivity index (χ0n) is 9.79. The van der Waals surface area contributed by atoms with Gasteiger partial charge < -0.3 is 9.67 Å². The number of halogens is 1. The minimum atomic E-state index is -0.832. The largest absolute Gasteiger partial charge is 0.384 e. The topological polar surface area (TPSA) is 25.2 Å². The summed E-state index contributed by atoms with van der Waals surface area (Å²) in [4.78, 5) is 0. The number of fused-ring (bicyclic) bond motifs is 1. The molecule has 86 valence electrons. The Balaban J connectivity index is 2.77. The quantitative estimate of drug-likeness (QED) is 0.849. The lowest BCUT2D eigenvalue weighted by Crippen LogP contribution is -2.20. The summed E-state index contributed by atoms with van der Waals surface area (Å²) in [7, 11) is 0. The third-order valence-corrected chi connectivity index (χ3v) is 3.04. The molecule has 0 aliphatic carbocycles. The molecule has 3 heteroatoms. The van der Waals surface area contributed by atoms with Crippen molar-refractivity contribution in [2.24, 2.45) is 0 Å². The Hall–Kier alpha value is -0.990. The summed E-state index contributed by atoms with van der Waals surface area (Å²) >= 11 is 6.00. The maximum atomic E-state index is 10.1. The molecular weight excluding hydrogens is 222 g/mol. The summed E-state index contributed by atoms with van der Waals surface area (Å²) in [6.07, 6.45) is 0. The van der Waals surface area contributed by atoms with Gasteiger partial charge in [0.15, 0.2) is 0 Å². The fourth-order valence-corrected chi connectivity index (χ4v) is 2.24. The van der Waals surface area contributed by atoms with Crippen LogP contribution in [0.4, 0.5) is 0 Å². The maximum Gasteiger partial charge on any atom is 0.0989 e. The highest BCUT2D eigenvalue weighted by Crippen LogP contribution is 2.29. The summed E-state index contributed by atoms with van der Waals surface area (Å²) in [6, 6.07) is 7.82. The first kappa shape index (κ1) is 11.5. The molecule has 2 nitrogen and oxygen atoms in total. The molecule has 0 aliphatic heterocycles. The van der Waals surface area contributed by atoms with Crippen molar-refractivity contribution >= 4 is 22.5 Å². The fraction of sp³-hybridized carbons (Fsp3) is 0.385. The Kier molecular flexibility index (Phi) is 2.72. The van der Waals surface area contributed by atoms with Gasteiger partial charge in [-0.15, -0.1) is 0 Å². The fourth-order valence-electron chi connectivity index (χ4n) is 2.08. The molecule has 1 N–H and O–H groups in total. The van der Waals surface area contributed by atoms with Crippen molar-refractivity contribution in [1.29, 1.82) is 0 Å². The zero-order valence-corrected chi connectivity index (χ0v) is 10.5. The van der Waals surface area contributed by atoms with Crippen LogP contribution in [0.5, 0.6) is 0 Å². The van der Waals surface area contributed by atoms with E-state index in [1.807, 2.05) is 24.3 Å². The van der Waals surface area contributed by atoms with E-state index in [1.54, 1.807) is 13.8 Å². The van der Waals surface area contributed by atoms with Crippen LogP contribution >= 0.6 is 11.6 Å². The van der Waals surface area contributed by atoms with Crippen molar-refractivity contribution in [3.05, 3.63) is 35.0 Å². The van der Waals surface area contributed by atoms with Crippen molar-refractivity contribution in [1.82, 2.24) is 4.57 Å². The second-order valence-electron chi connectivity index (χ2n) is 4.54. The summed E-state index contributed by atoms with van der Waals surface area (Å²) < 4.78 is 2.10. The van der Waals surface area contributed by atoms with E-state index >= 15 is 0 Å². The molecule has 0 saturated heterocycles. The highest BCUT2D eigenvalue weighted by atomic mass is 35.5. The van der Waals surface area contributed by atoms with Crippen LogP contribution in [0.1, 0.15) is 26.5 Å². The van der Waals surface area contributed by atoms with Gasteiger partial charge in [-0.1, -0.05) is 17.7 Å². The molecular formula is C13H16ClNO. The number of nitrogens with zero attached hydrogens (tertiary/aromatic N) is 1. The van der Waals surface area contributed by atoms with Crippen LogP contribution < -0.4 is 0 Å². The lowest BCUT2D eigenvalue weighted by Gasteiger charge is -2.20. The highest BCUT2D eigenvalue weighted by molar-refractivity contribution is 6.31. The van der Waals surface area contributed by atoms with Crippen molar-refractivity contribution < 1.29 is 5.11 Å². The SMILES string of the molecule is CCn1c(C(C)(C)O)cc2ccc(Cl)cc21. The molecule has 1 aromatic carbocycles. The first-order valence-corrected chi connectivity index (χ1v) is 5.83. The van der Waals surface area contributed by atoms with Gasteiger partial charge in [-0.25, -0.2) is 0 Å². The third kappa shape index (κ3) is 1.83. The molecule has 1 heterocycles. The van der Waals surface area contributed by atoms with E-state index < -0.39 is 5.60 Å². The molecule has 0 saturated carbocycles. The number of hydrogen-bond donors (Lipinski definition) is 1. The minimum absolute atomic E-state index is 0.725. The molecule has 0 aliphatic rings. The number of rotatable bonds is 2. The molecule has 0 bridgehead atoms. The number of hydrogen-bond acceptors (Lipinski definition) is 1. The summed E-state index contributed by atoms with van der Waals surface area (Å²) in [6.45, 7) is 6.49. The van der Waals surface area contributed by atoms with Crippen LogP contribution in [0.15, 0.2) is 24.3 Å². The Bertz CT molecular complexity index is 522. The number of aryl methyl sites for hydroxylation is 1. The first-order valence-electron chi connectivity index (χ1n) is 5.45. The Morgan fingerprint density at radius 3 is 2.56 bits per heavy atom. The molecule has 1 aromatic heterocycles. The van der Waals surface area contributed by atoms with Gasteiger partial charge in [0.1, 0.15) is 0 Å². The second-order valence-corrected chi connectivity index (χ2v) is 4.97. The van der Waals surface area contributed by atoms with Gasteiger partial charge in [-0.05, 0) is 39.0 Å². The van der Waals surface area contributed by atoms with Crippen LogP contribution in [0.2, 0.25) is 5.02 Å². The van der Waals surface area contributed by atoms with Gasteiger partial charge in [0.05, 0.1) is 11.3 Å². The molecule has 0 amide bonds. The minimum Gasteiger partial charge on any atom is -0.384 e. The van der Waals surface area contributed by atoms with E-state index in [9.17, 15) is 5.11 Å². The van der Waals surface area contributed by atoms with E-state index in [-0.39, 0.29) is 0 Å². The van der Waals surface area contributed by atoms with Crippen molar-refractivity contribution in [2.75, 3.05) is 0 Å². The second kappa shape index (κ2) is 3.79. The molecule has 0 radical (unpaired) electrons. The lowest BCUT2D eigenvalue weighted by atomic mass is 10.1. The average Bonchev–Trinajstić information content (AvgIpc) is 2.54. The van der Waals surface area contributed by atoms with Gasteiger partial charge in [-0.3, -0.25) is 0 Å². The standard InChI is InChI=1S/C13H16ClNO/c1-4-15-11-8-10(14)6-5-9(11)7-12(15)13(2,3)16/h5-8,16H,4H2,1-3H3. The lowest BCUT2D eigenvalue weighted by molar-refractivity contribution is 0.0704. The van der Waals surface area contributed by atoms with Gasteiger partial charge in [0.2, 0.25) is 0 Å². The monoisotopic (exact) mass is 237 g/mol. The van der Waals surface area contributed by atoms with E-state index in [0.29, 0.717) is 0 Å². The van der Waals surface area contributed by atoms with Crippen LogP contribution in [-0.2, 0) is 12.1 Å². The number of benzene rings is 1. The van der Waals surface area contributed by atoms with Gasteiger partial charge >= 0.3 is 0 Å². The van der Waals surface area contributed by atoms with Gasteiger partial charge in [0, 0.05) is 22.5 Å². The summed E-state index contributed by atoms with van der Waals surface area (Å²) in [5.41, 5.74) is 1.17. The van der Waals surface area contributed by atoms with E-state index in [0.717, 1.165) is 28.2 Å². The van der Waals surface area contributed by atoms with Crippen LogP contribution in [0.25, 0.3) is 10.9 Å². The molecule has 0 spiro atoms. The summed E-state index contributed by atoms with van der Waals surface area (Å²) in [5, 5.41) is 12.0. The molecule has 16 heavy (non-hydrogen) atoms. The van der Waals surface area contributed by atoms with Gasteiger partial charge in [-0.2, -0.15) is 0 Å². The van der Waals surface area contributed by atoms with E-state index in [1.165, 1.54) is 0 Å². The number of aliphatic hydroxyl groups is 1. The maximum absolute atomic E-state index is 10.1. The predicted molar refractivity (Wildman–Crippen MR) is 67.9 cm³/mol. The van der Waals surface area contributed by atoms with Crippen LogP contribution in [0.3, 0.4) is 0 Å². The van der Waals surface area contributed by atoms with Gasteiger partial charge in [0.25, 0.3) is 0 Å². The summed E-state index contributed by atoms with van der Waals surface area (Å²) in [5.74, 6) is 0. The van der Waals surface area contributed by atoms with Crippen molar-refractivity contribution in [2.45, 2.75) is 32.9 Å². The molecule has 2 rings (SSSR count). The highest BCUT2D eigenvalue weighted by Gasteiger charge is 2.22. The Morgan fingerprint density at radius 2 is 2.00 bits per heavy atom. The van der Waals surface area contributed by atoms with Crippen molar-refractivity contribution in [3.63, 3.8) is 0 Å². The first-order chi connectivity index (χ1) is 7.43. The number of aromatic nitrogens is 1. The van der Waals surface area contributed by atoms with Crippen LogP contribution in [0, 0.1) is 0 Å². The molecule has 0 unspecified atom stereocenters. The molecule has 0 fully saturated rings. The van der Waals surface area contributed by atoms with E-state index in [2.05, 4.69) is 11.5 Å². The normalized spacial score (nSPS) is 12.3. The van der Waals surface area contributed by atoms with Crippen molar-refractivity contribution in [3.8, 4) is 0 Å². The Morgan fingerprint density at radius 1 is 1.31 bits per heavy atom. The Labute approximate surface area is 100 Å². The third-order valence-electron chi connectivity index (χ3n) is 2.81. The zero-order chi connectivity index (χ0) is 11.9. The van der Waals surface area contributed by atoms with Crippen LogP contribution in [-0.4, -0.2) is 9.67 Å². The molecule has 0 atom stereocenters. The smallest absolute Gasteiger partial charge is 0.0989 e.